The number of rotatable bonds is 8. The van der Waals surface area contributed by atoms with Crippen molar-refractivity contribution in [2.75, 3.05) is 18.1 Å². The van der Waals surface area contributed by atoms with E-state index in [0.717, 1.165) is 31.2 Å². The molecule has 0 radical (unpaired) electrons. The van der Waals surface area contributed by atoms with Gasteiger partial charge < -0.3 is 9.84 Å². The molecule has 0 aromatic heterocycles. The van der Waals surface area contributed by atoms with Gasteiger partial charge in [-0.25, -0.2) is 12.8 Å². The molecule has 1 N–H and O–H groups in total. The van der Waals surface area contributed by atoms with E-state index < -0.39 is 15.7 Å². The Morgan fingerprint density at radius 1 is 1.35 bits per heavy atom. The van der Waals surface area contributed by atoms with Crippen molar-refractivity contribution in [2.45, 2.75) is 51.0 Å². The number of benzene rings is 1. The number of hydrogen-bond donors (Lipinski definition) is 1. The van der Waals surface area contributed by atoms with Gasteiger partial charge in [0.25, 0.3) is 0 Å². The van der Waals surface area contributed by atoms with Crippen molar-refractivity contribution < 1.29 is 22.7 Å². The topological polar surface area (TPSA) is 63.6 Å². The SMILES string of the molecule is C[C@@H](CS(=O)(=O)CCCO)c1ccc(F)c(OC2CCCC2)c1. The maximum Gasteiger partial charge on any atom is 0.165 e. The lowest BCUT2D eigenvalue weighted by atomic mass is 10.0. The fraction of sp³-hybridized carbons (Fsp3) is 0.647. The van der Waals surface area contributed by atoms with E-state index in [9.17, 15) is 12.8 Å². The molecular formula is C17H25FO4S. The number of aliphatic hydroxyl groups excluding tert-OH is 1. The van der Waals surface area contributed by atoms with Gasteiger partial charge in [0.2, 0.25) is 0 Å². The first kappa shape index (κ1) is 18.2. The Hall–Kier alpha value is -1.14. The maximum absolute atomic E-state index is 13.9. The van der Waals surface area contributed by atoms with Gasteiger partial charge in [0.1, 0.15) is 0 Å². The summed E-state index contributed by atoms with van der Waals surface area (Å²) in [5, 5.41) is 8.76. The van der Waals surface area contributed by atoms with Crippen LogP contribution in [0.1, 0.15) is 50.5 Å². The third kappa shape index (κ3) is 5.46. The first-order chi connectivity index (χ1) is 10.9. The fourth-order valence-corrected chi connectivity index (χ4v) is 4.64. The van der Waals surface area contributed by atoms with E-state index in [4.69, 9.17) is 9.84 Å². The molecule has 1 fully saturated rings. The van der Waals surface area contributed by atoms with Crippen molar-refractivity contribution in [3.63, 3.8) is 0 Å². The lowest BCUT2D eigenvalue weighted by Crippen LogP contribution is -2.17. The van der Waals surface area contributed by atoms with Gasteiger partial charge in [-0.3, -0.25) is 0 Å². The zero-order chi connectivity index (χ0) is 16.9. The highest BCUT2D eigenvalue weighted by Gasteiger charge is 2.21. The van der Waals surface area contributed by atoms with Crippen LogP contribution in [0.3, 0.4) is 0 Å². The molecule has 0 unspecified atom stereocenters. The van der Waals surface area contributed by atoms with E-state index in [1.54, 1.807) is 12.1 Å². The third-order valence-electron chi connectivity index (χ3n) is 4.24. The highest BCUT2D eigenvalue weighted by atomic mass is 32.2. The summed E-state index contributed by atoms with van der Waals surface area (Å²) >= 11 is 0. The van der Waals surface area contributed by atoms with E-state index in [1.165, 1.54) is 6.07 Å². The monoisotopic (exact) mass is 344 g/mol. The number of halogens is 1. The molecular weight excluding hydrogens is 319 g/mol. The van der Waals surface area contributed by atoms with Crippen LogP contribution in [0.4, 0.5) is 4.39 Å². The van der Waals surface area contributed by atoms with Crippen molar-refractivity contribution in [1.29, 1.82) is 0 Å². The third-order valence-corrected chi connectivity index (χ3v) is 6.16. The summed E-state index contributed by atoms with van der Waals surface area (Å²) in [6, 6.07) is 4.58. The average Bonchev–Trinajstić information content (AvgIpc) is 3.00. The van der Waals surface area contributed by atoms with Crippen LogP contribution in [0, 0.1) is 5.82 Å². The molecule has 0 heterocycles. The Bertz CT molecular complexity index is 609. The van der Waals surface area contributed by atoms with Crippen molar-refractivity contribution in [2.24, 2.45) is 0 Å². The van der Waals surface area contributed by atoms with Gasteiger partial charge in [-0.1, -0.05) is 13.0 Å². The van der Waals surface area contributed by atoms with Crippen molar-refractivity contribution in [1.82, 2.24) is 0 Å². The van der Waals surface area contributed by atoms with Gasteiger partial charge in [-0.2, -0.15) is 0 Å². The summed E-state index contributed by atoms with van der Waals surface area (Å²) in [6.45, 7) is 1.67. The highest BCUT2D eigenvalue weighted by molar-refractivity contribution is 7.91. The van der Waals surface area contributed by atoms with Gasteiger partial charge in [0.15, 0.2) is 21.4 Å². The van der Waals surface area contributed by atoms with Crippen LogP contribution in [0.15, 0.2) is 18.2 Å². The van der Waals surface area contributed by atoms with E-state index in [-0.39, 0.29) is 42.3 Å². The number of sulfone groups is 1. The Kier molecular flexibility index (Phi) is 6.41. The van der Waals surface area contributed by atoms with Crippen LogP contribution in [-0.4, -0.2) is 37.7 Å². The molecule has 1 aromatic rings. The normalized spacial score (nSPS) is 17.3. The molecule has 1 saturated carbocycles. The molecule has 0 spiro atoms. The van der Waals surface area contributed by atoms with E-state index in [0.29, 0.717) is 0 Å². The van der Waals surface area contributed by atoms with Crippen molar-refractivity contribution >= 4 is 9.84 Å². The first-order valence-electron chi connectivity index (χ1n) is 8.18. The second-order valence-corrected chi connectivity index (χ2v) is 8.54. The standard InChI is InChI=1S/C17H25FO4S/c1-13(12-23(20,21)10-4-9-19)14-7-8-16(18)17(11-14)22-15-5-2-3-6-15/h7-8,11,13,15,19H,2-6,9-10,12H2,1H3/t13-/m0/s1. The van der Waals surface area contributed by atoms with Crippen LogP contribution in [-0.2, 0) is 9.84 Å². The Morgan fingerprint density at radius 3 is 2.70 bits per heavy atom. The lowest BCUT2D eigenvalue weighted by molar-refractivity contribution is 0.200. The second-order valence-electron chi connectivity index (χ2n) is 6.31. The summed E-state index contributed by atoms with van der Waals surface area (Å²) in [6.07, 6.45) is 4.39. The molecule has 0 bridgehead atoms. The molecule has 1 aliphatic carbocycles. The van der Waals surface area contributed by atoms with Crippen LogP contribution in [0.2, 0.25) is 0 Å². The summed E-state index contributed by atoms with van der Waals surface area (Å²) < 4.78 is 43.6. The molecule has 0 aliphatic heterocycles. The van der Waals surface area contributed by atoms with Gasteiger partial charge >= 0.3 is 0 Å². The molecule has 1 aromatic carbocycles. The molecule has 0 amide bonds. The first-order valence-corrected chi connectivity index (χ1v) is 10.0. The van der Waals surface area contributed by atoms with Gasteiger partial charge in [0, 0.05) is 6.61 Å². The minimum absolute atomic E-state index is 0.0124. The molecule has 0 saturated heterocycles. The quantitative estimate of drug-likeness (QED) is 0.787. The summed E-state index contributed by atoms with van der Waals surface area (Å²) in [4.78, 5) is 0. The Morgan fingerprint density at radius 2 is 2.04 bits per heavy atom. The van der Waals surface area contributed by atoms with Crippen molar-refractivity contribution in [3.8, 4) is 5.75 Å². The predicted octanol–water partition coefficient (Wildman–Crippen LogP) is 3.05. The molecule has 1 atom stereocenters. The Balaban J connectivity index is 2.06. The van der Waals surface area contributed by atoms with Crippen LogP contribution in [0.25, 0.3) is 0 Å². The van der Waals surface area contributed by atoms with E-state index in [1.807, 2.05) is 6.92 Å². The zero-order valence-electron chi connectivity index (χ0n) is 13.5. The van der Waals surface area contributed by atoms with Gasteiger partial charge in [0.05, 0.1) is 17.6 Å². The predicted molar refractivity (Wildman–Crippen MR) is 88.1 cm³/mol. The Labute approximate surface area is 137 Å². The summed E-state index contributed by atoms with van der Waals surface area (Å²) in [5.41, 5.74) is 0.756. The highest BCUT2D eigenvalue weighted by Crippen LogP contribution is 2.29. The molecule has 2 rings (SSSR count). The fourth-order valence-electron chi connectivity index (χ4n) is 2.95. The molecule has 130 valence electrons. The summed E-state index contributed by atoms with van der Waals surface area (Å²) in [7, 11) is -3.23. The summed E-state index contributed by atoms with van der Waals surface area (Å²) in [5.74, 6) is -0.475. The maximum atomic E-state index is 13.9. The largest absolute Gasteiger partial charge is 0.487 e. The van der Waals surface area contributed by atoms with Crippen LogP contribution in [0.5, 0.6) is 5.75 Å². The number of aliphatic hydroxyl groups is 1. The minimum Gasteiger partial charge on any atom is -0.487 e. The molecule has 6 heteroatoms. The number of ether oxygens (including phenoxy) is 1. The number of hydrogen-bond acceptors (Lipinski definition) is 4. The second kappa shape index (κ2) is 8.11. The zero-order valence-corrected chi connectivity index (χ0v) is 14.3. The van der Waals surface area contributed by atoms with E-state index in [2.05, 4.69) is 0 Å². The molecule has 23 heavy (non-hydrogen) atoms. The van der Waals surface area contributed by atoms with Gasteiger partial charge in [-0.05, 0) is 55.7 Å². The smallest absolute Gasteiger partial charge is 0.165 e. The van der Waals surface area contributed by atoms with Crippen LogP contribution >= 0.6 is 0 Å². The molecule has 4 nitrogen and oxygen atoms in total. The van der Waals surface area contributed by atoms with Gasteiger partial charge in [-0.15, -0.1) is 0 Å². The minimum atomic E-state index is -3.23. The lowest BCUT2D eigenvalue weighted by Gasteiger charge is -2.17. The van der Waals surface area contributed by atoms with Crippen LogP contribution < -0.4 is 4.74 Å². The molecule has 1 aliphatic rings. The van der Waals surface area contributed by atoms with E-state index >= 15 is 0 Å². The van der Waals surface area contributed by atoms with Crippen molar-refractivity contribution in [3.05, 3.63) is 29.6 Å². The average molecular weight is 344 g/mol.